The van der Waals surface area contributed by atoms with Gasteiger partial charge in [-0.1, -0.05) is 36.3 Å². The van der Waals surface area contributed by atoms with Crippen LogP contribution in [0.15, 0.2) is 48.4 Å². The van der Waals surface area contributed by atoms with Crippen LogP contribution in [0.5, 0.6) is 0 Å². The molecule has 3 saturated heterocycles. The number of ether oxygens (including phenoxy) is 2. The van der Waals surface area contributed by atoms with Crippen molar-refractivity contribution in [3.8, 4) is 11.1 Å². The number of nitrogens with zero attached hydrogens (tertiary/aromatic N) is 4. The molecular weight excluding hydrogens is 603 g/mol. The summed E-state index contributed by atoms with van der Waals surface area (Å²) in [7, 11) is 1.75. The Morgan fingerprint density at radius 1 is 1.00 bits per heavy atom. The van der Waals surface area contributed by atoms with Gasteiger partial charge in [0.15, 0.2) is 6.23 Å². The first-order valence-corrected chi connectivity index (χ1v) is 17.6. The minimum atomic E-state index is -0.469. The number of carbonyl (C=O) groups is 1. The van der Waals surface area contributed by atoms with E-state index in [1.54, 1.807) is 0 Å². The second-order valence-corrected chi connectivity index (χ2v) is 15.7. The molecule has 3 aliphatic rings. The molecule has 0 spiro atoms. The first kappa shape index (κ1) is 34.7. The van der Waals surface area contributed by atoms with Crippen LogP contribution >= 0.6 is 0 Å². The molecule has 2 aromatic carbocycles. The lowest BCUT2D eigenvalue weighted by Crippen LogP contribution is -2.46. The molecule has 9 nitrogen and oxygen atoms in total. The normalized spacial score (nSPS) is 21.9. The van der Waals surface area contributed by atoms with Crippen molar-refractivity contribution in [2.45, 2.75) is 116 Å². The number of rotatable bonds is 7. The lowest BCUT2D eigenvalue weighted by molar-refractivity contribution is -0.0367. The third kappa shape index (κ3) is 7.67. The van der Waals surface area contributed by atoms with Gasteiger partial charge in [0.2, 0.25) is 0 Å². The van der Waals surface area contributed by atoms with E-state index in [9.17, 15) is 4.79 Å². The van der Waals surface area contributed by atoms with Gasteiger partial charge >= 0.3 is 13.2 Å². The van der Waals surface area contributed by atoms with Gasteiger partial charge in [0, 0.05) is 37.7 Å². The van der Waals surface area contributed by atoms with E-state index in [4.69, 9.17) is 23.9 Å². The van der Waals surface area contributed by atoms with Gasteiger partial charge in [0.25, 0.3) is 0 Å². The lowest BCUT2D eigenvalue weighted by Gasteiger charge is -2.37. The van der Waals surface area contributed by atoms with E-state index in [1.165, 1.54) is 5.56 Å². The molecule has 3 aromatic rings. The monoisotopic (exact) mass is 656 g/mol. The molecule has 1 atom stereocenters. The maximum Gasteiger partial charge on any atom is 0.487 e. The van der Waals surface area contributed by atoms with Crippen LogP contribution in [0.4, 0.5) is 4.79 Å². The van der Waals surface area contributed by atoms with Crippen molar-refractivity contribution < 1.29 is 23.6 Å². The highest BCUT2D eigenvalue weighted by molar-refractivity contribution is 6.52. The molecule has 6 rings (SSSR count). The van der Waals surface area contributed by atoms with Crippen molar-refractivity contribution in [2.75, 3.05) is 26.7 Å². The third-order valence-corrected chi connectivity index (χ3v) is 10.3. The smallest absolute Gasteiger partial charge is 0.444 e. The second kappa shape index (κ2) is 13.6. The molecule has 0 saturated carbocycles. The van der Waals surface area contributed by atoms with Crippen LogP contribution in [-0.2, 0) is 25.3 Å². The summed E-state index contributed by atoms with van der Waals surface area (Å²) in [5, 5.41) is 6.14. The molecule has 258 valence electrons. The van der Waals surface area contributed by atoms with E-state index in [1.807, 2.05) is 37.7 Å². The van der Waals surface area contributed by atoms with Crippen LogP contribution in [0.3, 0.4) is 0 Å². The van der Waals surface area contributed by atoms with Gasteiger partial charge in [-0.3, -0.25) is 4.90 Å². The van der Waals surface area contributed by atoms with Crippen LogP contribution in [0.25, 0.3) is 28.1 Å². The molecule has 0 radical (unpaired) electrons. The molecule has 4 heterocycles. The van der Waals surface area contributed by atoms with E-state index >= 15 is 0 Å². The summed E-state index contributed by atoms with van der Waals surface area (Å²) in [4.78, 5) is 16.7. The van der Waals surface area contributed by atoms with E-state index in [0.717, 1.165) is 86.1 Å². The molecule has 1 aromatic heterocycles. The zero-order valence-corrected chi connectivity index (χ0v) is 30.1. The summed E-state index contributed by atoms with van der Waals surface area (Å²) < 4.78 is 26.2. The number of benzene rings is 2. The Balaban J connectivity index is 1.16. The third-order valence-electron chi connectivity index (χ3n) is 10.3. The highest BCUT2D eigenvalue weighted by Crippen LogP contribution is 2.38. The molecule has 0 bridgehead atoms. The topological polar surface area (TPSA) is 78.3 Å². The standard InChI is InChI=1S/C38H53BN4O5/c1-36(2,3)46-35(44)42-22-19-30(20-23-42)41(8)26-27-12-14-28(15-13-27)29-16-17-33-31(25-29)32(40-43(33)34-11-9-10-24-45-34)18-21-39-47-37(4,5)38(6,7)48-39/h12-18,21,25,30,34H,9-11,19-20,22-24,26H2,1-8H3/b21-18+. The first-order valence-electron chi connectivity index (χ1n) is 17.6. The summed E-state index contributed by atoms with van der Waals surface area (Å²) in [5.74, 6) is 1.98. The summed E-state index contributed by atoms with van der Waals surface area (Å²) in [5.41, 5.74) is 4.26. The zero-order valence-electron chi connectivity index (χ0n) is 30.1. The van der Waals surface area contributed by atoms with Crippen LogP contribution < -0.4 is 0 Å². The molecule has 48 heavy (non-hydrogen) atoms. The number of hydrogen-bond acceptors (Lipinski definition) is 7. The molecule has 0 aliphatic carbocycles. The van der Waals surface area contributed by atoms with Gasteiger partial charge in [-0.2, -0.15) is 5.10 Å². The fourth-order valence-electron chi connectivity index (χ4n) is 6.78. The maximum absolute atomic E-state index is 12.5. The van der Waals surface area contributed by atoms with E-state index in [-0.39, 0.29) is 12.3 Å². The molecular formula is C38H53BN4O5. The van der Waals surface area contributed by atoms with Crippen molar-refractivity contribution >= 4 is 30.2 Å². The van der Waals surface area contributed by atoms with Gasteiger partial charge < -0.3 is 23.7 Å². The van der Waals surface area contributed by atoms with Crippen molar-refractivity contribution in [3.63, 3.8) is 0 Å². The first-order chi connectivity index (χ1) is 22.7. The Hall–Kier alpha value is -3.18. The highest BCUT2D eigenvalue weighted by atomic mass is 16.7. The fourth-order valence-corrected chi connectivity index (χ4v) is 6.78. The van der Waals surface area contributed by atoms with Crippen LogP contribution in [0.1, 0.15) is 98.1 Å². The minimum Gasteiger partial charge on any atom is -0.444 e. The van der Waals surface area contributed by atoms with E-state index in [0.29, 0.717) is 6.04 Å². The Bertz CT molecular complexity index is 1600. The molecule has 1 amide bonds. The average Bonchev–Trinajstić information content (AvgIpc) is 3.51. The van der Waals surface area contributed by atoms with Gasteiger partial charge in [-0.15, -0.1) is 0 Å². The number of carbonyl (C=O) groups excluding carboxylic acids is 1. The van der Waals surface area contributed by atoms with Crippen LogP contribution in [-0.4, -0.2) is 82.4 Å². The lowest BCUT2D eigenvalue weighted by atomic mass is 9.89. The number of aromatic nitrogens is 2. The number of amides is 1. The number of fused-ring (bicyclic) bond motifs is 1. The Labute approximate surface area is 286 Å². The number of piperidine rings is 1. The largest absolute Gasteiger partial charge is 0.487 e. The second-order valence-electron chi connectivity index (χ2n) is 15.7. The Morgan fingerprint density at radius 3 is 2.29 bits per heavy atom. The van der Waals surface area contributed by atoms with Crippen molar-refractivity contribution in [1.82, 2.24) is 19.6 Å². The molecule has 3 aliphatic heterocycles. The molecule has 0 N–H and O–H groups in total. The molecule has 3 fully saturated rings. The maximum atomic E-state index is 12.5. The van der Waals surface area contributed by atoms with Gasteiger partial charge in [-0.05, 0) is 123 Å². The fraction of sp³-hybridized carbons (Fsp3) is 0.579. The predicted octanol–water partition coefficient (Wildman–Crippen LogP) is 7.88. The zero-order chi connectivity index (χ0) is 34.3. The van der Waals surface area contributed by atoms with Crippen LogP contribution in [0.2, 0.25) is 0 Å². The number of hydrogen-bond donors (Lipinski definition) is 0. The highest BCUT2D eigenvalue weighted by Gasteiger charge is 2.50. The predicted molar refractivity (Wildman–Crippen MR) is 191 cm³/mol. The Morgan fingerprint density at radius 2 is 1.67 bits per heavy atom. The minimum absolute atomic E-state index is 0.0630. The van der Waals surface area contributed by atoms with Gasteiger partial charge in [-0.25, -0.2) is 9.48 Å². The summed E-state index contributed by atoms with van der Waals surface area (Å²) in [6.07, 6.45) is 6.83. The molecule has 10 heteroatoms. The van der Waals surface area contributed by atoms with Crippen molar-refractivity contribution in [3.05, 3.63) is 59.7 Å². The Kier molecular flexibility index (Phi) is 9.84. The van der Waals surface area contributed by atoms with Gasteiger partial charge in [0.1, 0.15) is 5.60 Å². The van der Waals surface area contributed by atoms with Crippen LogP contribution in [0, 0.1) is 0 Å². The average molecular weight is 657 g/mol. The van der Waals surface area contributed by atoms with Crippen molar-refractivity contribution in [1.29, 1.82) is 0 Å². The summed E-state index contributed by atoms with van der Waals surface area (Å²) in [6.45, 7) is 17.1. The SMILES string of the molecule is CN(Cc1ccc(-c2ccc3c(c2)c(/C=C/B2OC(C)(C)C(C)(C)O2)nn3C2CCCCO2)cc1)C1CCN(C(=O)OC(C)(C)C)CC1. The van der Waals surface area contributed by atoms with E-state index < -0.39 is 23.9 Å². The summed E-state index contributed by atoms with van der Waals surface area (Å²) >= 11 is 0. The van der Waals surface area contributed by atoms with Crippen molar-refractivity contribution in [2.24, 2.45) is 0 Å². The quantitative estimate of drug-likeness (QED) is 0.240. The molecule has 1 unspecified atom stereocenters. The van der Waals surface area contributed by atoms with E-state index in [2.05, 4.69) is 86.8 Å². The summed E-state index contributed by atoms with van der Waals surface area (Å²) in [6, 6.07) is 15.9. The number of likely N-dealkylation sites (tertiary alicyclic amines) is 1. The van der Waals surface area contributed by atoms with Gasteiger partial charge in [0.05, 0.1) is 22.4 Å².